The molecule has 0 bridgehead atoms. The molecule has 0 amide bonds. The summed E-state index contributed by atoms with van der Waals surface area (Å²) < 4.78 is 0. The van der Waals surface area contributed by atoms with E-state index >= 15 is 0 Å². The first kappa shape index (κ1) is 8.79. The van der Waals surface area contributed by atoms with Crippen LogP contribution < -0.4 is 0 Å². The SMILES string of the molecule is Cc1csc(-c2cccc(Cl)c2)c1. The maximum atomic E-state index is 5.91. The van der Waals surface area contributed by atoms with Gasteiger partial charge in [-0.25, -0.2) is 0 Å². The number of rotatable bonds is 1. The monoisotopic (exact) mass is 208 g/mol. The highest BCUT2D eigenvalue weighted by Crippen LogP contribution is 2.28. The lowest BCUT2D eigenvalue weighted by Gasteiger charge is -1.96. The second kappa shape index (κ2) is 3.52. The largest absolute Gasteiger partial charge is 0.144 e. The standard InChI is InChI=1S/C11H9ClS/c1-8-5-11(13-7-8)9-3-2-4-10(12)6-9/h2-7H,1H3. The molecule has 1 heterocycles. The van der Waals surface area contributed by atoms with Crippen LogP contribution in [0, 0.1) is 6.92 Å². The third-order valence-electron chi connectivity index (χ3n) is 1.84. The average molecular weight is 209 g/mol. The van der Waals surface area contributed by atoms with Crippen LogP contribution >= 0.6 is 22.9 Å². The first-order valence-electron chi connectivity index (χ1n) is 4.07. The van der Waals surface area contributed by atoms with Gasteiger partial charge >= 0.3 is 0 Å². The molecule has 0 nitrogen and oxygen atoms in total. The van der Waals surface area contributed by atoms with Crippen molar-refractivity contribution < 1.29 is 0 Å². The van der Waals surface area contributed by atoms with Crippen molar-refractivity contribution in [2.75, 3.05) is 0 Å². The van der Waals surface area contributed by atoms with E-state index in [1.807, 2.05) is 18.2 Å². The topological polar surface area (TPSA) is 0 Å². The van der Waals surface area contributed by atoms with Crippen LogP contribution in [-0.2, 0) is 0 Å². The van der Waals surface area contributed by atoms with Crippen LogP contribution in [0.3, 0.4) is 0 Å². The number of halogens is 1. The second-order valence-electron chi connectivity index (χ2n) is 3.00. The molecule has 0 aliphatic carbocycles. The second-order valence-corrected chi connectivity index (χ2v) is 4.35. The van der Waals surface area contributed by atoms with Gasteiger partial charge in [-0.2, -0.15) is 0 Å². The summed E-state index contributed by atoms with van der Waals surface area (Å²) in [6.07, 6.45) is 0. The highest BCUT2D eigenvalue weighted by Gasteiger charge is 2.00. The molecule has 0 atom stereocenters. The molecular weight excluding hydrogens is 200 g/mol. The predicted molar refractivity (Wildman–Crippen MR) is 59.5 cm³/mol. The Morgan fingerprint density at radius 3 is 2.69 bits per heavy atom. The molecule has 0 saturated carbocycles. The molecule has 1 aromatic heterocycles. The maximum Gasteiger partial charge on any atom is 0.0412 e. The minimum absolute atomic E-state index is 0.795. The van der Waals surface area contributed by atoms with Gasteiger partial charge in [0.05, 0.1) is 0 Å². The zero-order valence-corrected chi connectivity index (χ0v) is 8.82. The van der Waals surface area contributed by atoms with Crippen molar-refractivity contribution in [3.8, 4) is 10.4 Å². The number of benzene rings is 1. The van der Waals surface area contributed by atoms with Gasteiger partial charge in [0.15, 0.2) is 0 Å². The highest BCUT2D eigenvalue weighted by molar-refractivity contribution is 7.13. The molecule has 2 rings (SSSR count). The Hall–Kier alpha value is -0.790. The van der Waals surface area contributed by atoms with Crippen molar-refractivity contribution in [3.05, 3.63) is 46.3 Å². The molecule has 0 radical (unpaired) electrons. The van der Waals surface area contributed by atoms with E-state index in [0.29, 0.717) is 0 Å². The molecule has 0 saturated heterocycles. The van der Waals surface area contributed by atoms with Crippen LogP contribution in [0.4, 0.5) is 0 Å². The minimum Gasteiger partial charge on any atom is -0.144 e. The first-order valence-corrected chi connectivity index (χ1v) is 5.32. The molecular formula is C11H9ClS. The van der Waals surface area contributed by atoms with E-state index in [9.17, 15) is 0 Å². The third-order valence-corrected chi connectivity index (χ3v) is 3.17. The quantitative estimate of drug-likeness (QED) is 0.653. The number of thiophene rings is 1. The smallest absolute Gasteiger partial charge is 0.0412 e. The first-order chi connectivity index (χ1) is 6.25. The van der Waals surface area contributed by atoms with Crippen molar-refractivity contribution in [2.45, 2.75) is 6.92 Å². The van der Waals surface area contributed by atoms with E-state index in [4.69, 9.17) is 11.6 Å². The van der Waals surface area contributed by atoms with Crippen LogP contribution in [0.15, 0.2) is 35.7 Å². The minimum atomic E-state index is 0.795. The Balaban J connectivity index is 2.46. The lowest BCUT2D eigenvalue weighted by molar-refractivity contribution is 1.55. The molecule has 0 aliphatic heterocycles. The van der Waals surface area contributed by atoms with Gasteiger partial charge in [-0.3, -0.25) is 0 Å². The van der Waals surface area contributed by atoms with E-state index in [-0.39, 0.29) is 0 Å². The van der Waals surface area contributed by atoms with Crippen molar-refractivity contribution in [2.24, 2.45) is 0 Å². The zero-order valence-electron chi connectivity index (χ0n) is 7.25. The molecule has 0 spiro atoms. The highest BCUT2D eigenvalue weighted by atomic mass is 35.5. The van der Waals surface area contributed by atoms with Gasteiger partial charge < -0.3 is 0 Å². The summed E-state index contributed by atoms with van der Waals surface area (Å²) >= 11 is 7.66. The van der Waals surface area contributed by atoms with Gasteiger partial charge in [0.1, 0.15) is 0 Å². The van der Waals surface area contributed by atoms with Gasteiger partial charge in [-0.15, -0.1) is 11.3 Å². The van der Waals surface area contributed by atoms with Crippen LogP contribution in [0.2, 0.25) is 5.02 Å². The summed E-state index contributed by atoms with van der Waals surface area (Å²) in [5, 5.41) is 2.94. The molecule has 0 N–H and O–H groups in total. The van der Waals surface area contributed by atoms with Crippen molar-refractivity contribution >= 4 is 22.9 Å². The van der Waals surface area contributed by atoms with Gasteiger partial charge in [0, 0.05) is 9.90 Å². The summed E-state index contributed by atoms with van der Waals surface area (Å²) in [4.78, 5) is 1.28. The fourth-order valence-electron chi connectivity index (χ4n) is 1.22. The average Bonchev–Trinajstić information content (AvgIpc) is 2.52. The van der Waals surface area contributed by atoms with E-state index in [0.717, 1.165) is 5.02 Å². The van der Waals surface area contributed by atoms with Crippen LogP contribution in [0.5, 0.6) is 0 Å². The molecule has 2 aromatic rings. The van der Waals surface area contributed by atoms with E-state index in [2.05, 4.69) is 24.4 Å². The predicted octanol–water partition coefficient (Wildman–Crippen LogP) is 4.38. The Labute approximate surface area is 86.8 Å². The molecule has 0 unspecified atom stereocenters. The van der Waals surface area contributed by atoms with Gasteiger partial charge in [0.2, 0.25) is 0 Å². The van der Waals surface area contributed by atoms with Gasteiger partial charge in [0.25, 0.3) is 0 Å². The Kier molecular flexibility index (Phi) is 2.38. The van der Waals surface area contributed by atoms with E-state index < -0.39 is 0 Å². The fourth-order valence-corrected chi connectivity index (χ4v) is 2.31. The normalized spacial score (nSPS) is 10.3. The summed E-state index contributed by atoms with van der Waals surface area (Å²) in [6, 6.07) is 10.1. The van der Waals surface area contributed by atoms with Crippen molar-refractivity contribution in [1.82, 2.24) is 0 Å². The molecule has 13 heavy (non-hydrogen) atoms. The van der Waals surface area contributed by atoms with Crippen LogP contribution in [0.1, 0.15) is 5.56 Å². The summed E-state index contributed by atoms with van der Waals surface area (Å²) in [5.41, 5.74) is 2.51. The summed E-state index contributed by atoms with van der Waals surface area (Å²) in [7, 11) is 0. The van der Waals surface area contributed by atoms with Crippen molar-refractivity contribution in [3.63, 3.8) is 0 Å². The Bertz CT molecular complexity index is 418. The summed E-state index contributed by atoms with van der Waals surface area (Å²) in [6.45, 7) is 2.10. The molecule has 66 valence electrons. The zero-order chi connectivity index (χ0) is 9.26. The summed E-state index contributed by atoms with van der Waals surface area (Å²) in [5.74, 6) is 0. The molecule has 1 aromatic carbocycles. The third kappa shape index (κ3) is 1.93. The lowest BCUT2D eigenvalue weighted by Crippen LogP contribution is -1.70. The maximum absolute atomic E-state index is 5.91. The number of hydrogen-bond acceptors (Lipinski definition) is 1. The lowest BCUT2D eigenvalue weighted by atomic mass is 10.2. The fraction of sp³-hybridized carbons (Fsp3) is 0.0909. The van der Waals surface area contributed by atoms with E-state index in [1.165, 1.54) is 16.0 Å². The Morgan fingerprint density at radius 2 is 2.08 bits per heavy atom. The molecule has 2 heteroatoms. The molecule has 0 fully saturated rings. The van der Waals surface area contributed by atoms with Crippen LogP contribution in [0.25, 0.3) is 10.4 Å². The van der Waals surface area contributed by atoms with Crippen LogP contribution in [-0.4, -0.2) is 0 Å². The van der Waals surface area contributed by atoms with Gasteiger partial charge in [-0.1, -0.05) is 23.7 Å². The molecule has 0 aliphatic rings. The Morgan fingerprint density at radius 1 is 1.23 bits per heavy atom. The van der Waals surface area contributed by atoms with E-state index in [1.54, 1.807) is 11.3 Å². The number of hydrogen-bond donors (Lipinski definition) is 0. The van der Waals surface area contributed by atoms with Crippen molar-refractivity contribution in [1.29, 1.82) is 0 Å². The van der Waals surface area contributed by atoms with Gasteiger partial charge in [-0.05, 0) is 41.6 Å². The number of aryl methyl sites for hydroxylation is 1.